The molecule has 0 N–H and O–H groups in total. The average molecular weight is 434 g/mol. The van der Waals surface area contributed by atoms with Crippen molar-refractivity contribution in [1.82, 2.24) is 29.4 Å². The number of carbonyl (C=O) groups excluding carboxylic acids is 1. The van der Waals surface area contributed by atoms with Crippen molar-refractivity contribution >= 4 is 5.91 Å². The van der Waals surface area contributed by atoms with Gasteiger partial charge in [0.1, 0.15) is 12.4 Å². The molecule has 1 amide bonds. The normalized spacial score (nSPS) is 13.4. The van der Waals surface area contributed by atoms with E-state index in [1.807, 2.05) is 30.3 Å². The van der Waals surface area contributed by atoms with Crippen molar-refractivity contribution in [3.8, 4) is 0 Å². The maximum atomic E-state index is 14.0. The van der Waals surface area contributed by atoms with Crippen molar-refractivity contribution in [2.45, 2.75) is 26.1 Å². The first-order chi connectivity index (χ1) is 15.6. The molecule has 0 saturated heterocycles. The number of carbonyl (C=O) groups is 1. The van der Waals surface area contributed by atoms with Gasteiger partial charge in [0.25, 0.3) is 5.91 Å². The fourth-order valence-electron chi connectivity index (χ4n) is 3.68. The molecule has 0 spiro atoms. The summed E-state index contributed by atoms with van der Waals surface area (Å²) >= 11 is 0. The van der Waals surface area contributed by atoms with Gasteiger partial charge in [0, 0.05) is 31.6 Å². The summed E-state index contributed by atoms with van der Waals surface area (Å²) in [5.74, 6) is -0.0664. The first kappa shape index (κ1) is 19.9. The van der Waals surface area contributed by atoms with E-state index < -0.39 is 11.6 Å². The van der Waals surface area contributed by atoms with Crippen molar-refractivity contribution in [1.29, 1.82) is 0 Å². The standard InChI is InChI=1S/C22H19FN6O3/c23-17-9-5-4-8-16(17)13-27-10-11-28-20(21(27)30)25-29(22(28)31)14-19-24-18(26-32-19)12-15-6-2-1-3-7-15/h1-9H,10-14H2. The van der Waals surface area contributed by atoms with E-state index in [1.165, 1.54) is 15.5 Å². The Labute approximate surface area is 181 Å². The van der Waals surface area contributed by atoms with Crippen LogP contribution in [0, 0.1) is 5.82 Å². The van der Waals surface area contributed by atoms with Gasteiger partial charge in [0.15, 0.2) is 5.82 Å². The summed E-state index contributed by atoms with van der Waals surface area (Å²) in [5, 5.41) is 8.14. The van der Waals surface area contributed by atoms with Gasteiger partial charge < -0.3 is 9.42 Å². The summed E-state index contributed by atoms with van der Waals surface area (Å²) in [6.07, 6.45) is 0.502. The molecule has 0 unspecified atom stereocenters. The fraction of sp³-hybridized carbons (Fsp3) is 0.227. The van der Waals surface area contributed by atoms with Crippen LogP contribution < -0.4 is 5.69 Å². The molecule has 9 nitrogen and oxygen atoms in total. The summed E-state index contributed by atoms with van der Waals surface area (Å²) in [4.78, 5) is 31.4. The van der Waals surface area contributed by atoms with Gasteiger partial charge in [-0.05, 0) is 11.6 Å². The molecule has 0 atom stereocenters. The Morgan fingerprint density at radius 1 is 0.969 bits per heavy atom. The summed E-state index contributed by atoms with van der Waals surface area (Å²) < 4.78 is 21.7. The van der Waals surface area contributed by atoms with Crippen LogP contribution in [-0.4, -0.2) is 41.8 Å². The van der Waals surface area contributed by atoms with E-state index in [-0.39, 0.29) is 43.7 Å². The molecule has 1 aliphatic heterocycles. The minimum atomic E-state index is -0.429. The molecule has 5 rings (SSSR count). The van der Waals surface area contributed by atoms with Crippen molar-refractivity contribution in [3.05, 3.63) is 99.6 Å². The van der Waals surface area contributed by atoms with Gasteiger partial charge in [-0.3, -0.25) is 9.36 Å². The molecular weight excluding hydrogens is 415 g/mol. The van der Waals surface area contributed by atoms with Crippen LogP contribution >= 0.6 is 0 Å². The highest BCUT2D eigenvalue weighted by atomic mass is 19.1. The molecule has 32 heavy (non-hydrogen) atoms. The first-order valence-electron chi connectivity index (χ1n) is 10.1. The van der Waals surface area contributed by atoms with Crippen molar-refractivity contribution in [2.24, 2.45) is 0 Å². The minimum Gasteiger partial charge on any atom is -0.337 e. The van der Waals surface area contributed by atoms with E-state index in [0.717, 1.165) is 10.2 Å². The number of halogens is 1. The smallest absolute Gasteiger partial charge is 0.337 e. The number of rotatable bonds is 6. The Kier molecular flexibility index (Phi) is 5.10. The molecule has 0 radical (unpaired) electrons. The van der Waals surface area contributed by atoms with E-state index >= 15 is 0 Å². The molecule has 0 bridgehead atoms. The quantitative estimate of drug-likeness (QED) is 0.459. The van der Waals surface area contributed by atoms with Crippen molar-refractivity contribution in [3.63, 3.8) is 0 Å². The third-order valence-corrected chi connectivity index (χ3v) is 5.31. The van der Waals surface area contributed by atoms with Crippen molar-refractivity contribution in [2.75, 3.05) is 6.54 Å². The molecule has 0 aliphatic carbocycles. The van der Waals surface area contributed by atoms with Gasteiger partial charge in [-0.1, -0.05) is 53.7 Å². The van der Waals surface area contributed by atoms with E-state index in [1.54, 1.807) is 18.2 Å². The van der Waals surface area contributed by atoms with E-state index in [2.05, 4.69) is 15.2 Å². The highest BCUT2D eigenvalue weighted by molar-refractivity contribution is 5.91. The third kappa shape index (κ3) is 3.82. The van der Waals surface area contributed by atoms with Crippen LogP contribution in [-0.2, 0) is 26.1 Å². The van der Waals surface area contributed by atoms with Gasteiger partial charge in [-0.15, -0.1) is 5.10 Å². The van der Waals surface area contributed by atoms with Gasteiger partial charge in [-0.2, -0.15) is 4.98 Å². The summed E-state index contributed by atoms with van der Waals surface area (Å²) in [6, 6.07) is 16.0. The monoisotopic (exact) mass is 434 g/mol. The van der Waals surface area contributed by atoms with E-state index in [0.29, 0.717) is 17.8 Å². The molecule has 1 aliphatic rings. The maximum Gasteiger partial charge on any atom is 0.346 e. The SMILES string of the molecule is O=C1c2nn(Cc3nc(Cc4ccccc4)no3)c(=O)n2CCN1Cc1ccccc1F. The lowest BCUT2D eigenvalue weighted by Crippen LogP contribution is -2.42. The zero-order chi connectivity index (χ0) is 22.1. The van der Waals surface area contributed by atoms with Crippen LogP contribution in [0.15, 0.2) is 63.9 Å². The van der Waals surface area contributed by atoms with E-state index in [9.17, 15) is 14.0 Å². The van der Waals surface area contributed by atoms with Crippen LogP contribution in [0.4, 0.5) is 4.39 Å². The molecule has 0 fully saturated rings. The lowest BCUT2D eigenvalue weighted by Gasteiger charge is -2.26. The number of nitrogens with zero attached hydrogens (tertiary/aromatic N) is 6. The second kappa shape index (κ2) is 8.22. The number of aromatic nitrogens is 5. The molecular formula is C22H19FN6O3. The van der Waals surface area contributed by atoms with Crippen LogP contribution in [0.3, 0.4) is 0 Å². The average Bonchev–Trinajstić information content (AvgIpc) is 3.37. The van der Waals surface area contributed by atoms with Gasteiger partial charge in [0.05, 0.1) is 0 Å². The largest absolute Gasteiger partial charge is 0.346 e. The molecule has 3 heterocycles. The molecule has 2 aromatic carbocycles. The second-order valence-corrected chi connectivity index (χ2v) is 7.50. The third-order valence-electron chi connectivity index (χ3n) is 5.31. The lowest BCUT2D eigenvalue weighted by atomic mass is 10.1. The number of amides is 1. The highest BCUT2D eigenvalue weighted by Crippen LogP contribution is 2.15. The Morgan fingerprint density at radius 3 is 2.56 bits per heavy atom. The molecule has 0 saturated carbocycles. The number of hydrogen-bond acceptors (Lipinski definition) is 6. The van der Waals surface area contributed by atoms with E-state index in [4.69, 9.17) is 4.52 Å². The molecule has 162 valence electrons. The number of hydrogen-bond donors (Lipinski definition) is 0. The number of fused-ring (bicyclic) bond motifs is 1. The zero-order valence-electron chi connectivity index (χ0n) is 17.0. The minimum absolute atomic E-state index is 0.0154. The highest BCUT2D eigenvalue weighted by Gasteiger charge is 2.30. The first-order valence-corrected chi connectivity index (χ1v) is 10.1. The van der Waals surface area contributed by atoms with Crippen LogP contribution in [0.5, 0.6) is 0 Å². The topological polar surface area (TPSA) is 99.0 Å². The van der Waals surface area contributed by atoms with Crippen molar-refractivity contribution < 1.29 is 13.7 Å². The molecule has 2 aromatic heterocycles. The second-order valence-electron chi connectivity index (χ2n) is 7.50. The summed E-state index contributed by atoms with van der Waals surface area (Å²) in [5.41, 5.74) is 1.02. The Morgan fingerprint density at radius 2 is 1.75 bits per heavy atom. The van der Waals surface area contributed by atoms with Crippen LogP contribution in [0.25, 0.3) is 0 Å². The van der Waals surface area contributed by atoms with Crippen LogP contribution in [0.1, 0.15) is 33.5 Å². The summed E-state index contributed by atoms with van der Waals surface area (Å²) in [6.45, 7) is 0.630. The Hall–Kier alpha value is -4.08. The molecule has 10 heteroatoms. The van der Waals surface area contributed by atoms with Gasteiger partial charge in [0.2, 0.25) is 11.7 Å². The van der Waals surface area contributed by atoms with Crippen LogP contribution in [0.2, 0.25) is 0 Å². The zero-order valence-corrected chi connectivity index (χ0v) is 17.0. The number of benzene rings is 2. The van der Waals surface area contributed by atoms with Gasteiger partial charge >= 0.3 is 5.69 Å². The predicted molar refractivity (Wildman–Crippen MR) is 110 cm³/mol. The predicted octanol–water partition coefficient (Wildman–Crippen LogP) is 1.86. The maximum absolute atomic E-state index is 14.0. The lowest BCUT2D eigenvalue weighted by molar-refractivity contribution is 0.0679. The Bertz CT molecular complexity index is 1330. The molecule has 4 aromatic rings. The fourth-order valence-corrected chi connectivity index (χ4v) is 3.68. The Balaban J connectivity index is 1.32. The summed E-state index contributed by atoms with van der Waals surface area (Å²) in [7, 11) is 0. The van der Waals surface area contributed by atoms with Gasteiger partial charge in [-0.25, -0.2) is 13.9 Å².